The molecule has 6 nitrogen and oxygen atoms in total. The van der Waals surface area contributed by atoms with Crippen LogP contribution in [0.25, 0.3) is 0 Å². The van der Waals surface area contributed by atoms with Gasteiger partial charge in [0.15, 0.2) is 6.29 Å². The largest absolute Gasteiger partial charge is 0.492 e. The van der Waals surface area contributed by atoms with Gasteiger partial charge in [-0.25, -0.2) is 4.90 Å². The Bertz CT molecular complexity index is 1280. The minimum atomic E-state index is -0.974. The van der Waals surface area contributed by atoms with Crippen molar-refractivity contribution in [2.24, 2.45) is 11.8 Å². The van der Waals surface area contributed by atoms with E-state index in [-0.39, 0.29) is 17.7 Å². The van der Waals surface area contributed by atoms with E-state index in [4.69, 9.17) is 14.2 Å². The molecule has 3 aliphatic carbocycles. The number of hydrogen-bond acceptors (Lipinski definition) is 5. The molecule has 2 amide bonds. The number of anilines is 1. The van der Waals surface area contributed by atoms with Crippen LogP contribution in [-0.4, -0.2) is 38.9 Å². The molecule has 2 bridgehead atoms. The summed E-state index contributed by atoms with van der Waals surface area (Å²) in [6.07, 6.45) is -0.766. The molecule has 2 atom stereocenters. The van der Waals surface area contributed by atoms with E-state index in [9.17, 15) is 9.59 Å². The van der Waals surface area contributed by atoms with E-state index in [1.807, 2.05) is 55.5 Å². The van der Waals surface area contributed by atoms with Crippen molar-refractivity contribution in [3.63, 3.8) is 0 Å². The number of carbonyl (C=O) groups is 2. The number of para-hydroxylation sites is 2. The lowest BCUT2D eigenvalue weighted by Gasteiger charge is -2.56. The summed E-state index contributed by atoms with van der Waals surface area (Å²) in [5, 5.41) is 0. The maximum absolute atomic E-state index is 14.4. The second-order valence-electron chi connectivity index (χ2n) is 9.24. The van der Waals surface area contributed by atoms with Gasteiger partial charge in [0, 0.05) is 20.1 Å². The van der Waals surface area contributed by atoms with Gasteiger partial charge in [0.2, 0.25) is 11.8 Å². The van der Waals surface area contributed by atoms with Crippen LogP contribution >= 0.6 is 0 Å². The number of benzene rings is 3. The molecule has 1 aliphatic heterocycles. The Kier molecular flexibility index (Phi) is 5.06. The van der Waals surface area contributed by atoms with E-state index in [1.54, 1.807) is 26.4 Å². The molecule has 6 heteroatoms. The van der Waals surface area contributed by atoms with Gasteiger partial charge in [-0.1, -0.05) is 60.7 Å². The van der Waals surface area contributed by atoms with Crippen LogP contribution in [0.4, 0.5) is 5.69 Å². The second-order valence-corrected chi connectivity index (χ2v) is 9.24. The minimum absolute atomic E-state index is 0.212. The Morgan fingerprint density at radius 3 is 2.00 bits per heavy atom. The Morgan fingerprint density at radius 1 is 0.829 bits per heavy atom. The normalized spacial score (nSPS) is 26.1. The standard InChI is InChI=1S/C29H27NO5/c1-4-35-22-16-10-9-15-21(22)30-26(31)24-23-17-11-5-7-13-19(17)29(25(24)27(30)32,28(33-2)34-3)20-14-8-6-12-18(20)23/h5-16,23-25,28H,4H2,1-3H3/t23?,24-,25-,29?/m0/s1. The summed E-state index contributed by atoms with van der Waals surface area (Å²) in [7, 11) is 3.18. The fourth-order valence-electron chi connectivity index (χ4n) is 6.86. The topological polar surface area (TPSA) is 65.1 Å². The van der Waals surface area contributed by atoms with Crippen LogP contribution in [0.3, 0.4) is 0 Å². The number of methoxy groups -OCH3 is 2. The van der Waals surface area contributed by atoms with Gasteiger partial charge in [0.25, 0.3) is 0 Å². The molecule has 7 rings (SSSR count). The zero-order valence-corrected chi connectivity index (χ0v) is 19.9. The Morgan fingerprint density at radius 2 is 1.40 bits per heavy atom. The number of hydrogen-bond donors (Lipinski definition) is 0. The molecular formula is C29H27NO5. The molecule has 4 aliphatic rings. The highest BCUT2D eigenvalue weighted by atomic mass is 16.7. The number of rotatable bonds is 6. The van der Waals surface area contributed by atoms with E-state index >= 15 is 0 Å². The van der Waals surface area contributed by atoms with Crippen molar-refractivity contribution in [2.75, 3.05) is 25.7 Å². The average molecular weight is 470 g/mol. The first-order valence-electron chi connectivity index (χ1n) is 11.9. The maximum atomic E-state index is 14.4. The number of carbonyl (C=O) groups excluding carboxylic acids is 2. The van der Waals surface area contributed by atoms with Crippen LogP contribution in [0.1, 0.15) is 35.1 Å². The number of imide groups is 1. The molecule has 0 saturated carbocycles. The molecule has 0 N–H and O–H groups in total. The van der Waals surface area contributed by atoms with E-state index in [2.05, 4.69) is 12.1 Å². The van der Waals surface area contributed by atoms with Gasteiger partial charge in [-0.05, 0) is 41.3 Å². The van der Waals surface area contributed by atoms with Crippen LogP contribution in [0.5, 0.6) is 5.75 Å². The van der Waals surface area contributed by atoms with Gasteiger partial charge < -0.3 is 14.2 Å². The first-order valence-corrected chi connectivity index (χ1v) is 11.9. The molecule has 1 saturated heterocycles. The SMILES string of the molecule is CCOc1ccccc1N1C(=O)[C@@H]2[C@@H](C1=O)C1c3ccccc3C2(C(OC)OC)c2ccccc21. The van der Waals surface area contributed by atoms with Gasteiger partial charge in [0.05, 0.1) is 29.5 Å². The van der Waals surface area contributed by atoms with E-state index < -0.39 is 23.5 Å². The van der Waals surface area contributed by atoms with Crippen molar-refractivity contribution >= 4 is 17.5 Å². The molecule has 35 heavy (non-hydrogen) atoms. The first-order chi connectivity index (χ1) is 17.1. The predicted octanol–water partition coefficient (Wildman–Crippen LogP) is 4.26. The molecule has 3 aromatic rings. The smallest absolute Gasteiger partial charge is 0.239 e. The predicted molar refractivity (Wildman–Crippen MR) is 130 cm³/mol. The van der Waals surface area contributed by atoms with E-state index in [1.165, 1.54) is 4.90 Å². The molecule has 0 radical (unpaired) electrons. The number of ether oxygens (including phenoxy) is 3. The average Bonchev–Trinajstić information content (AvgIpc) is 3.16. The molecule has 3 aromatic carbocycles. The monoisotopic (exact) mass is 469 g/mol. The second kappa shape index (κ2) is 8.04. The van der Waals surface area contributed by atoms with E-state index in [0.29, 0.717) is 18.0 Å². The summed E-state index contributed by atoms with van der Waals surface area (Å²) in [4.78, 5) is 30.0. The van der Waals surface area contributed by atoms with Gasteiger partial charge in [0.1, 0.15) is 5.75 Å². The minimum Gasteiger partial charge on any atom is -0.492 e. The molecule has 1 heterocycles. The lowest BCUT2D eigenvalue weighted by molar-refractivity contribution is -0.168. The molecule has 0 unspecified atom stereocenters. The summed E-state index contributed by atoms with van der Waals surface area (Å²) in [5.74, 6) is -1.43. The summed E-state index contributed by atoms with van der Waals surface area (Å²) in [6.45, 7) is 2.31. The Hall–Kier alpha value is -3.48. The molecule has 0 aromatic heterocycles. The van der Waals surface area contributed by atoms with Crippen LogP contribution in [0, 0.1) is 11.8 Å². The highest BCUT2D eigenvalue weighted by Gasteiger charge is 2.71. The van der Waals surface area contributed by atoms with Crippen molar-refractivity contribution in [1.29, 1.82) is 0 Å². The third-order valence-electron chi connectivity index (χ3n) is 7.89. The van der Waals surface area contributed by atoms with Crippen molar-refractivity contribution < 1.29 is 23.8 Å². The Labute approximate surface area is 204 Å². The fourth-order valence-corrected chi connectivity index (χ4v) is 6.86. The Balaban J connectivity index is 1.65. The van der Waals surface area contributed by atoms with Crippen LogP contribution < -0.4 is 9.64 Å². The lowest BCUT2D eigenvalue weighted by Crippen LogP contribution is -2.60. The van der Waals surface area contributed by atoms with Crippen molar-refractivity contribution in [2.45, 2.75) is 24.5 Å². The fraction of sp³-hybridized carbons (Fsp3) is 0.310. The summed E-state index contributed by atoms with van der Waals surface area (Å²) in [6, 6.07) is 23.4. The molecule has 1 fully saturated rings. The van der Waals surface area contributed by atoms with Gasteiger partial charge in [-0.3, -0.25) is 9.59 Å². The maximum Gasteiger partial charge on any atom is 0.239 e. The molecular weight excluding hydrogens is 442 g/mol. The van der Waals surface area contributed by atoms with Crippen molar-refractivity contribution in [3.05, 3.63) is 95.1 Å². The number of nitrogens with zero attached hydrogens (tertiary/aromatic N) is 1. The highest BCUT2D eigenvalue weighted by molar-refractivity contribution is 6.24. The quantitative estimate of drug-likeness (QED) is 0.399. The van der Waals surface area contributed by atoms with Crippen LogP contribution in [0.15, 0.2) is 72.8 Å². The highest BCUT2D eigenvalue weighted by Crippen LogP contribution is 2.66. The zero-order chi connectivity index (χ0) is 24.3. The van der Waals surface area contributed by atoms with Gasteiger partial charge in [-0.15, -0.1) is 0 Å². The van der Waals surface area contributed by atoms with Crippen LogP contribution in [-0.2, 0) is 24.5 Å². The third kappa shape index (κ3) is 2.66. The van der Waals surface area contributed by atoms with Gasteiger partial charge in [-0.2, -0.15) is 0 Å². The van der Waals surface area contributed by atoms with Gasteiger partial charge >= 0.3 is 0 Å². The third-order valence-corrected chi connectivity index (χ3v) is 7.89. The summed E-state index contributed by atoms with van der Waals surface area (Å²) >= 11 is 0. The summed E-state index contributed by atoms with van der Waals surface area (Å²) < 4.78 is 17.7. The first kappa shape index (κ1) is 22.0. The van der Waals surface area contributed by atoms with E-state index in [0.717, 1.165) is 22.3 Å². The zero-order valence-electron chi connectivity index (χ0n) is 19.9. The molecule has 0 spiro atoms. The number of amides is 2. The summed E-state index contributed by atoms with van der Waals surface area (Å²) in [5.41, 5.74) is 3.57. The van der Waals surface area contributed by atoms with Crippen molar-refractivity contribution in [3.8, 4) is 5.75 Å². The van der Waals surface area contributed by atoms with Crippen LogP contribution in [0.2, 0.25) is 0 Å². The van der Waals surface area contributed by atoms with Crippen molar-refractivity contribution in [1.82, 2.24) is 0 Å². The molecule has 178 valence electrons. The lowest BCUT2D eigenvalue weighted by atomic mass is 9.47.